The molecule has 2 aromatic rings. The van der Waals surface area contributed by atoms with Crippen molar-refractivity contribution in [3.8, 4) is 0 Å². The summed E-state index contributed by atoms with van der Waals surface area (Å²) < 4.78 is 0. The van der Waals surface area contributed by atoms with Crippen molar-refractivity contribution in [1.29, 1.82) is 0 Å². The Bertz CT molecular complexity index is 684. The van der Waals surface area contributed by atoms with E-state index in [2.05, 4.69) is 19.9 Å². The van der Waals surface area contributed by atoms with Crippen molar-refractivity contribution in [2.75, 3.05) is 12.3 Å². The molecule has 1 fully saturated rings. The van der Waals surface area contributed by atoms with Crippen LogP contribution in [0.1, 0.15) is 41.6 Å². The Morgan fingerprint density at radius 1 is 1.32 bits per heavy atom. The van der Waals surface area contributed by atoms with Crippen molar-refractivity contribution in [3.63, 3.8) is 0 Å². The van der Waals surface area contributed by atoms with E-state index in [0.717, 1.165) is 18.5 Å². The minimum absolute atomic E-state index is 0.107. The lowest BCUT2D eigenvalue weighted by atomic mass is 9.97. The van der Waals surface area contributed by atoms with Gasteiger partial charge in [-0.25, -0.2) is 19.9 Å². The Hall–Kier alpha value is -2.57. The van der Waals surface area contributed by atoms with E-state index in [1.807, 2.05) is 13.8 Å². The van der Waals surface area contributed by atoms with Crippen molar-refractivity contribution in [2.24, 2.45) is 0 Å². The second-order valence-electron chi connectivity index (χ2n) is 5.72. The van der Waals surface area contributed by atoms with Gasteiger partial charge in [-0.1, -0.05) is 0 Å². The molecule has 0 aliphatic carbocycles. The number of hydrogen-bond donors (Lipinski definition) is 1. The normalized spacial score (nSPS) is 21.1. The van der Waals surface area contributed by atoms with Gasteiger partial charge in [0.1, 0.15) is 17.7 Å². The van der Waals surface area contributed by atoms with Crippen molar-refractivity contribution >= 4 is 11.7 Å². The Labute approximate surface area is 128 Å². The molecule has 1 unspecified atom stereocenters. The monoisotopic (exact) mass is 298 g/mol. The number of likely N-dealkylation sites (tertiary alicyclic amines) is 1. The summed E-state index contributed by atoms with van der Waals surface area (Å²) in [4.78, 5) is 31.2. The summed E-state index contributed by atoms with van der Waals surface area (Å²) in [7, 11) is 0. The Morgan fingerprint density at radius 2 is 2.05 bits per heavy atom. The van der Waals surface area contributed by atoms with Crippen molar-refractivity contribution in [2.45, 2.75) is 32.2 Å². The fourth-order valence-corrected chi connectivity index (χ4v) is 2.92. The van der Waals surface area contributed by atoms with E-state index in [4.69, 9.17) is 5.73 Å². The highest BCUT2D eigenvalue weighted by Gasteiger charge is 2.44. The molecule has 0 aromatic carbocycles. The molecule has 1 amide bonds. The van der Waals surface area contributed by atoms with Crippen LogP contribution in [0.2, 0.25) is 0 Å². The number of aromatic nitrogens is 4. The van der Waals surface area contributed by atoms with Crippen LogP contribution in [-0.4, -0.2) is 37.3 Å². The number of aryl methyl sites for hydroxylation is 1. The first-order valence-electron chi connectivity index (χ1n) is 7.19. The third-order valence-corrected chi connectivity index (χ3v) is 4.05. The quantitative estimate of drug-likeness (QED) is 0.897. The summed E-state index contributed by atoms with van der Waals surface area (Å²) in [5, 5.41) is 0. The van der Waals surface area contributed by atoms with Gasteiger partial charge < -0.3 is 10.6 Å². The van der Waals surface area contributed by atoms with E-state index in [-0.39, 0.29) is 5.91 Å². The third-order valence-electron chi connectivity index (χ3n) is 4.05. The smallest absolute Gasteiger partial charge is 0.257 e. The number of nitrogens with two attached hydrogens (primary N) is 1. The molecule has 3 heterocycles. The number of hydrogen-bond acceptors (Lipinski definition) is 6. The molecule has 7 heteroatoms. The predicted octanol–water partition coefficient (Wildman–Crippen LogP) is 1.31. The molecule has 3 rings (SSSR count). The molecule has 0 radical (unpaired) electrons. The number of anilines is 1. The summed E-state index contributed by atoms with van der Waals surface area (Å²) in [6.07, 6.45) is 6.16. The van der Waals surface area contributed by atoms with Gasteiger partial charge in [-0.05, 0) is 26.7 Å². The average Bonchev–Trinajstić information content (AvgIpc) is 2.90. The van der Waals surface area contributed by atoms with Gasteiger partial charge in [0.2, 0.25) is 0 Å². The summed E-state index contributed by atoms with van der Waals surface area (Å²) >= 11 is 0. The van der Waals surface area contributed by atoms with Crippen LogP contribution in [0.15, 0.2) is 24.8 Å². The van der Waals surface area contributed by atoms with Gasteiger partial charge in [-0.2, -0.15) is 0 Å². The minimum atomic E-state index is -0.562. The number of carbonyl (C=O) groups is 1. The molecule has 2 aromatic heterocycles. The molecule has 22 heavy (non-hydrogen) atoms. The molecule has 1 aliphatic rings. The van der Waals surface area contributed by atoms with Crippen LogP contribution in [-0.2, 0) is 5.54 Å². The molecule has 0 spiro atoms. The standard InChI is InChI=1S/C15H18N6O/c1-10-6-12(16)20-14(19-10)15(2)4-3-5-21(15)13(22)11-7-17-9-18-8-11/h6-9H,3-5H2,1-2H3,(H2,16,19,20). The van der Waals surface area contributed by atoms with Crippen molar-refractivity contribution in [3.05, 3.63) is 41.9 Å². The second-order valence-corrected chi connectivity index (χ2v) is 5.72. The van der Waals surface area contributed by atoms with Gasteiger partial charge in [-0.15, -0.1) is 0 Å². The van der Waals surface area contributed by atoms with Crippen LogP contribution < -0.4 is 5.73 Å². The van der Waals surface area contributed by atoms with Crippen LogP contribution in [0.25, 0.3) is 0 Å². The molecule has 114 valence electrons. The van der Waals surface area contributed by atoms with Crippen LogP contribution >= 0.6 is 0 Å². The van der Waals surface area contributed by atoms with Crippen LogP contribution in [0.5, 0.6) is 0 Å². The zero-order valence-electron chi connectivity index (χ0n) is 12.7. The van der Waals surface area contributed by atoms with Crippen molar-refractivity contribution < 1.29 is 4.79 Å². The number of carbonyl (C=O) groups excluding carboxylic acids is 1. The minimum Gasteiger partial charge on any atom is -0.384 e. The first kappa shape index (κ1) is 14.4. The summed E-state index contributed by atoms with van der Waals surface area (Å²) in [6, 6.07) is 1.72. The fourth-order valence-electron chi connectivity index (χ4n) is 2.92. The SMILES string of the molecule is Cc1cc(N)nc(C2(C)CCCN2C(=O)c2cncnc2)n1. The lowest BCUT2D eigenvalue weighted by Gasteiger charge is -2.34. The maximum Gasteiger partial charge on any atom is 0.257 e. The highest BCUT2D eigenvalue weighted by molar-refractivity contribution is 5.94. The first-order chi connectivity index (χ1) is 10.5. The molecule has 2 N–H and O–H groups in total. The highest BCUT2D eigenvalue weighted by Crippen LogP contribution is 2.37. The van der Waals surface area contributed by atoms with Crippen LogP contribution in [0.3, 0.4) is 0 Å². The third kappa shape index (κ3) is 2.38. The Balaban J connectivity index is 2.00. The topological polar surface area (TPSA) is 97.9 Å². The van der Waals surface area contributed by atoms with E-state index in [9.17, 15) is 4.79 Å². The van der Waals surface area contributed by atoms with E-state index >= 15 is 0 Å². The summed E-state index contributed by atoms with van der Waals surface area (Å²) in [5.74, 6) is 0.906. The van der Waals surface area contributed by atoms with Gasteiger partial charge >= 0.3 is 0 Å². The van der Waals surface area contributed by atoms with Gasteiger partial charge in [0.05, 0.1) is 5.56 Å². The number of rotatable bonds is 2. The van der Waals surface area contributed by atoms with E-state index < -0.39 is 5.54 Å². The van der Waals surface area contributed by atoms with E-state index in [1.165, 1.54) is 18.7 Å². The average molecular weight is 298 g/mol. The van der Waals surface area contributed by atoms with Gasteiger partial charge in [-0.3, -0.25) is 4.79 Å². The summed E-state index contributed by atoms with van der Waals surface area (Å²) in [6.45, 7) is 4.51. The lowest BCUT2D eigenvalue weighted by Crippen LogP contribution is -2.44. The Morgan fingerprint density at radius 3 is 2.73 bits per heavy atom. The zero-order chi connectivity index (χ0) is 15.7. The van der Waals surface area contributed by atoms with Gasteiger partial charge in [0, 0.05) is 30.7 Å². The zero-order valence-corrected chi connectivity index (χ0v) is 12.7. The molecule has 7 nitrogen and oxygen atoms in total. The maximum absolute atomic E-state index is 12.8. The number of nitrogens with zero attached hydrogens (tertiary/aromatic N) is 5. The number of nitrogen functional groups attached to an aromatic ring is 1. The lowest BCUT2D eigenvalue weighted by molar-refractivity contribution is 0.0603. The molecule has 1 atom stereocenters. The number of amides is 1. The van der Waals surface area contributed by atoms with E-state index in [1.54, 1.807) is 11.0 Å². The van der Waals surface area contributed by atoms with Gasteiger partial charge in [0.25, 0.3) is 5.91 Å². The van der Waals surface area contributed by atoms with Crippen LogP contribution in [0, 0.1) is 6.92 Å². The fraction of sp³-hybridized carbons (Fsp3) is 0.400. The second kappa shape index (κ2) is 5.32. The van der Waals surface area contributed by atoms with E-state index in [0.29, 0.717) is 23.8 Å². The maximum atomic E-state index is 12.8. The summed E-state index contributed by atoms with van der Waals surface area (Å²) in [5.41, 5.74) is 6.55. The van der Waals surface area contributed by atoms with Crippen LogP contribution in [0.4, 0.5) is 5.82 Å². The first-order valence-corrected chi connectivity index (χ1v) is 7.19. The molecule has 0 saturated carbocycles. The molecule has 1 aliphatic heterocycles. The Kier molecular flexibility index (Phi) is 3.48. The predicted molar refractivity (Wildman–Crippen MR) is 80.8 cm³/mol. The highest BCUT2D eigenvalue weighted by atomic mass is 16.2. The molecule has 1 saturated heterocycles. The molecular weight excluding hydrogens is 280 g/mol. The molecular formula is C15H18N6O. The van der Waals surface area contributed by atoms with Gasteiger partial charge in [0.15, 0.2) is 5.82 Å². The molecule has 0 bridgehead atoms. The van der Waals surface area contributed by atoms with Crippen molar-refractivity contribution in [1.82, 2.24) is 24.8 Å². The largest absolute Gasteiger partial charge is 0.384 e.